The third-order valence-corrected chi connectivity index (χ3v) is 4.07. The van der Waals surface area contributed by atoms with Gasteiger partial charge in [0.15, 0.2) is 0 Å². The summed E-state index contributed by atoms with van der Waals surface area (Å²) in [5.74, 6) is 0.541. The summed E-state index contributed by atoms with van der Waals surface area (Å²) in [6.07, 6.45) is 1.52. The highest BCUT2D eigenvalue weighted by molar-refractivity contribution is 7.89. The fourth-order valence-electron chi connectivity index (χ4n) is 1.71. The van der Waals surface area contributed by atoms with E-state index in [1.165, 1.54) is 6.26 Å². The molecule has 0 fully saturated rings. The first-order valence-corrected chi connectivity index (χ1v) is 7.14. The lowest BCUT2D eigenvalue weighted by atomic mass is 10.2. The van der Waals surface area contributed by atoms with Crippen LogP contribution in [0.4, 0.5) is 0 Å². The van der Waals surface area contributed by atoms with Crippen molar-refractivity contribution in [3.63, 3.8) is 0 Å². The van der Waals surface area contributed by atoms with Crippen LogP contribution in [0, 0.1) is 0 Å². The third kappa shape index (κ3) is 2.63. The van der Waals surface area contributed by atoms with Gasteiger partial charge in [-0.3, -0.25) is 0 Å². The van der Waals surface area contributed by atoms with Gasteiger partial charge in [-0.1, -0.05) is 12.1 Å². The minimum absolute atomic E-state index is 0.153. The van der Waals surface area contributed by atoms with E-state index in [1.54, 1.807) is 50.2 Å². The van der Waals surface area contributed by atoms with E-state index in [1.807, 2.05) is 0 Å². The Bertz CT molecular complexity index is 615. The Morgan fingerprint density at radius 3 is 2.44 bits per heavy atom. The van der Waals surface area contributed by atoms with E-state index in [2.05, 4.69) is 4.72 Å². The van der Waals surface area contributed by atoms with Gasteiger partial charge in [0, 0.05) is 11.6 Å². The van der Waals surface area contributed by atoms with Crippen LogP contribution in [0.25, 0.3) is 11.3 Å². The Morgan fingerprint density at radius 2 is 1.83 bits per heavy atom. The first kappa shape index (κ1) is 12.9. The Balaban J connectivity index is 2.53. The van der Waals surface area contributed by atoms with Gasteiger partial charge < -0.3 is 4.42 Å². The zero-order chi connectivity index (χ0) is 13.2. The number of furan rings is 1. The van der Waals surface area contributed by atoms with Crippen molar-refractivity contribution in [3.05, 3.63) is 42.7 Å². The van der Waals surface area contributed by atoms with Gasteiger partial charge in [-0.15, -0.1) is 0 Å². The highest BCUT2D eigenvalue weighted by Gasteiger charge is 2.20. The van der Waals surface area contributed by atoms with E-state index in [0.717, 1.165) is 0 Å². The molecule has 0 aliphatic heterocycles. The summed E-state index contributed by atoms with van der Waals surface area (Å²) in [5.41, 5.74) is 0.565. The summed E-state index contributed by atoms with van der Waals surface area (Å²) in [6, 6.07) is 10.1. The van der Waals surface area contributed by atoms with Gasteiger partial charge in [-0.05, 0) is 38.1 Å². The second kappa shape index (κ2) is 4.96. The standard InChI is InChI=1S/C13H15NO3S/c1-10(2)14-18(15,16)13-8-4-3-6-11(13)12-7-5-9-17-12/h3-10,14H,1-2H3. The number of hydrogen-bond donors (Lipinski definition) is 1. The van der Waals surface area contributed by atoms with Gasteiger partial charge in [0.25, 0.3) is 0 Å². The molecule has 0 unspecified atom stereocenters. The van der Waals surface area contributed by atoms with Crippen molar-refractivity contribution in [2.45, 2.75) is 24.8 Å². The second-order valence-electron chi connectivity index (χ2n) is 4.25. The predicted octanol–water partition coefficient (Wildman–Crippen LogP) is 2.63. The maximum absolute atomic E-state index is 12.2. The molecule has 96 valence electrons. The van der Waals surface area contributed by atoms with Gasteiger partial charge >= 0.3 is 0 Å². The minimum Gasteiger partial charge on any atom is -0.464 e. The van der Waals surface area contributed by atoms with Crippen LogP contribution >= 0.6 is 0 Å². The topological polar surface area (TPSA) is 59.3 Å². The molecule has 0 saturated carbocycles. The molecule has 5 heteroatoms. The number of benzene rings is 1. The molecule has 18 heavy (non-hydrogen) atoms. The van der Waals surface area contributed by atoms with Crippen LogP contribution in [-0.4, -0.2) is 14.5 Å². The molecule has 2 aromatic rings. The fourth-order valence-corrected chi connectivity index (χ4v) is 3.17. The molecule has 0 bridgehead atoms. The average Bonchev–Trinajstić information content (AvgIpc) is 2.80. The SMILES string of the molecule is CC(C)NS(=O)(=O)c1ccccc1-c1ccco1. The van der Waals surface area contributed by atoms with Crippen molar-refractivity contribution in [3.8, 4) is 11.3 Å². The summed E-state index contributed by atoms with van der Waals surface area (Å²) >= 11 is 0. The van der Waals surface area contributed by atoms with Crippen LogP contribution in [0.3, 0.4) is 0 Å². The second-order valence-corrected chi connectivity index (χ2v) is 5.93. The van der Waals surface area contributed by atoms with Crippen molar-refractivity contribution in [1.29, 1.82) is 0 Å². The van der Waals surface area contributed by atoms with E-state index in [4.69, 9.17) is 4.42 Å². The van der Waals surface area contributed by atoms with Crippen molar-refractivity contribution >= 4 is 10.0 Å². The van der Waals surface area contributed by atoms with E-state index >= 15 is 0 Å². The van der Waals surface area contributed by atoms with Crippen molar-refractivity contribution < 1.29 is 12.8 Å². The van der Waals surface area contributed by atoms with Crippen molar-refractivity contribution in [2.24, 2.45) is 0 Å². The van der Waals surface area contributed by atoms with Crippen LogP contribution in [0.5, 0.6) is 0 Å². The number of sulfonamides is 1. The molecule has 0 saturated heterocycles. The molecule has 0 radical (unpaired) electrons. The lowest BCUT2D eigenvalue weighted by Crippen LogP contribution is -2.30. The predicted molar refractivity (Wildman–Crippen MR) is 69.6 cm³/mol. The van der Waals surface area contributed by atoms with Crippen molar-refractivity contribution in [2.75, 3.05) is 0 Å². The molecule has 1 heterocycles. The third-order valence-electron chi connectivity index (χ3n) is 2.35. The molecule has 0 aliphatic carbocycles. The lowest BCUT2D eigenvalue weighted by Gasteiger charge is -2.12. The molecular weight excluding hydrogens is 250 g/mol. The van der Waals surface area contributed by atoms with Gasteiger partial charge in [0.2, 0.25) is 10.0 Å². The summed E-state index contributed by atoms with van der Waals surface area (Å²) in [7, 11) is -3.53. The minimum atomic E-state index is -3.53. The quantitative estimate of drug-likeness (QED) is 0.924. The zero-order valence-electron chi connectivity index (χ0n) is 10.3. The van der Waals surface area contributed by atoms with Crippen LogP contribution < -0.4 is 4.72 Å². The first-order valence-electron chi connectivity index (χ1n) is 5.66. The molecule has 0 atom stereocenters. The molecule has 1 aromatic heterocycles. The summed E-state index contributed by atoms with van der Waals surface area (Å²) in [5, 5.41) is 0. The van der Waals surface area contributed by atoms with Crippen LogP contribution in [0.2, 0.25) is 0 Å². The van der Waals surface area contributed by atoms with E-state index in [-0.39, 0.29) is 10.9 Å². The average molecular weight is 265 g/mol. The molecular formula is C13H15NO3S. The smallest absolute Gasteiger partial charge is 0.241 e. The Kier molecular flexibility index (Phi) is 3.54. The summed E-state index contributed by atoms with van der Waals surface area (Å²) in [4.78, 5) is 0.230. The number of nitrogens with one attached hydrogen (secondary N) is 1. The largest absolute Gasteiger partial charge is 0.464 e. The van der Waals surface area contributed by atoms with Crippen molar-refractivity contribution in [1.82, 2.24) is 4.72 Å². The summed E-state index contributed by atoms with van der Waals surface area (Å²) < 4.78 is 32.2. The molecule has 4 nitrogen and oxygen atoms in total. The van der Waals surface area contributed by atoms with Gasteiger partial charge in [0.05, 0.1) is 11.2 Å². The van der Waals surface area contributed by atoms with Crippen LogP contribution in [0.1, 0.15) is 13.8 Å². The molecule has 0 aliphatic rings. The molecule has 1 N–H and O–H groups in total. The summed E-state index contributed by atoms with van der Waals surface area (Å²) in [6.45, 7) is 3.57. The van der Waals surface area contributed by atoms with Crippen LogP contribution in [-0.2, 0) is 10.0 Å². The molecule has 1 aromatic carbocycles. The molecule has 2 rings (SSSR count). The highest BCUT2D eigenvalue weighted by Crippen LogP contribution is 2.27. The van der Waals surface area contributed by atoms with Crippen LogP contribution in [0.15, 0.2) is 52.0 Å². The van der Waals surface area contributed by atoms with E-state index in [0.29, 0.717) is 11.3 Å². The number of rotatable bonds is 4. The van der Waals surface area contributed by atoms with Gasteiger partial charge in [-0.2, -0.15) is 0 Å². The van der Waals surface area contributed by atoms with E-state index in [9.17, 15) is 8.42 Å². The van der Waals surface area contributed by atoms with Gasteiger partial charge in [-0.25, -0.2) is 13.1 Å². The Labute approximate surface area is 107 Å². The zero-order valence-corrected chi connectivity index (χ0v) is 11.1. The monoisotopic (exact) mass is 265 g/mol. The Morgan fingerprint density at radius 1 is 1.11 bits per heavy atom. The van der Waals surface area contributed by atoms with E-state index < -0.39 is 10.0 Å². The lowest BCUT2D eigenvalue weighted by molar-refractivity contribution is 0.565. The maximum Gasteiger partial charge on any atom is 0.241 e. The van der Waals surface area contributed by atoms with Gasteiger partial charge in [0.1, 0.15) is 5.76 Å². The highest BCUT2D eigenvalue weighted by atomic mass is 32.2. The Hall–Kier alpha value is -1.59. The molecule has 0 amide bonds. The molecule has 0 spiro atoms. The first-order chi connectivity index (χ1) is 8.50. The number of hydrogen-bond acceptors (Lipinski definition) is 3. The fraction of sp³-hybridized carbons (Fsp3) is 0.231. The normalized spacial score (nSPS) is 11.9. The maximum atomic E-state index is 12.2.